The summed E-state index contributed by atoms with van der Waals surface area (Å²) in [6.07, 6.45) is 0.641. The molecule has 0 aromatic carbocycles. The van der Waals surface area contributed by atoms with Crippen molar-refractivity contribution in [2.75, 3.05) is 19.3 Å². The molecule has 0 bridgehead atoms. The van der Waals surface area contributed by atoms with Crippen LogP contribution in [-0.4, -0.2) is 39.6 Å². The van der Waals surface area contributed by atoms with Crippen LogP contribution >= 0.6 is 0 Å². The number of nitriles is 1. The van der Waals surface area contributed by atoms with Gasteiger partial charge in [-0.1, -0.05) is 13.8 Å². The maximum Gasteiger partial charge on any atom is 0.223 e. The van der Waals surface area contributed by atoms with Crippen LogP contribution in [0.15, 0.2) is 0 Å². The molecule has 0 heterocycles. The SMILES string of the molecule is CC(C)S(=O)CCC(=O)N(C)CCC#N. The van der Waals surface area contributed by atoms with Gasteiger partial charge in [0.25, 0.3) is 0 Å². The molecule has 0 spiro atoms. The van der Waals surface area contributed by atoms with Gasteiger partial charge in [-0.15, -0.1) is 0 Å². The van der Waals surface area contributed by atoms with Crippen LogP contribution in [0.5, 0.6) is 0 Å². The quantitative estimate of drug-likeness (QED) is 0.681. The van der Waals surface area contributed by atoms with Gasteiger partial charge in [-0.25, -0.2) is 0 Å². The van der Waals surface area contributed by atoms with Crippen LogP contribution in [-0.2, 0) is 15.6 Å². The summed E-state index contributed by atoms with van der Waals surface area (Å²) in [7, 11) is 0.738. The number of hydrogen-bond acceptors (Lipinski definition) is 3. The topological polar surface area (TPSA) is 61.2 Å². The highest BCUT2D eigenvalue weighted by molar-refractivity contribution is 7.85. The van der Waals surface area contributed by atoms with Crippen molar-refractivity contribution in [2.45, 2.75) is 31.9 Å². The van der Waals surface area contributed by atoms with Gasteiger partial charge < -0.3 is 4.90 Å². The van der Waals surface area contributed by atoms with E-state index >= 15 is 0 Å². The number of nitrogens with zero attached hydrogens (tertiary/aromatic N) is 2. The Morgan fingerprint density at radius 2 is 2.13 bits per heavy atom. The molecule has 1 unspecified atom stereocenters. The summed E-state index contributed by atoms with van der Waals surface area (Å²) in [6, 6.07) is 1.98. The average molecular weight is 230 g/mol. The lowest BCUT2D eigenvalue weighted by atomic mass is 10.3. The van der Waals surface area contributed by atoms with E-state index < -0.39 is 10.8 Å². The van der Waals surface area contributed by atoms with E-state index in [2.05, 4.69) is 0 Å². The fraction of sp³-hybridized carbons (Fsp3) is 0.800. The highest BCUT2D eigenvalue weighted by atomic mass is 32.2. The molecule has 0 aromatic rings. The van der Waals surface area contributed by atoms with E-state index in [9.17, 15) is 9.00 Å². The van der Waals surface area contributed by atoms with Gasteiger partial charge in [-0.3, -0.25) is 9.00 Å². The Hall–Kier alpha value is -0.890. The molecule has 5 heteroatoms. The lowest BCUT2D eigenvalue weighted by Gasteiger charge is -2.15. The van der Waals surface area contributed by atoms with Gasteiger partial charge in [0.1, 0.15) is 0 Å². The van der Waals surface area contributed by atoms with Crippen LogP contribution in [0.4, 0.5) is 0 Å². The van der Waals surface area contributed by atoms with E-state index in [4.69, 9.17) is 5.26 Å². The minimum atomic E-state index is -0.927. The van der Waals surface area contributed by atoms with Gasteiger partial charge in [0, 0.05) is 41.8 Å². The molecule has 0 aliphatic rings. The molecule has 1 amide bonds. The van der Waals surface area contributed by atoms with Gasteiger partial charge in [-0.2, -0.15) is 5.26 Å². The molecular formula is C10H18N2O2S. The summed E-state index contributed by atoms with van der Waals surface area (Å²) in [4.78, 5) is 13.0. The molecule has 0 N–H and O–H groups in total. The molecule has 0 fully saturated rings. The van der Waals surface area contributed by atoms with Crippen molar-refractivity contribution in [1.29, 1.82) is 5.26 Å². The Morgan fingerprint density at radius 3 is 2.60 bits per heavy atom. The zero-order valence-corrected chi connectivity index (χ0v) is 10.3. The van der Waals surface area contributed by atoms with Crippen molar-refractivity contribution in [3.63, 3.8) is 0 Å². The largest absolute Gasteiger partial charge is 0.345 e. The highest BCUT2D eigenvalue weighted by Crippen LogP contribution is 1.99. The van der Waals surface area contributed by atoms with E-state index in [0.29, 0.717) is 25.1 Å². The lowest BCUT2D eigenvalue weighted by molar-refractivity contribution is -0.129. The predicted octanol–water partition coefficient (Wildman–Crippen LogP) is 0.906. The van der Waals surface area contributed by atoms with Gasteiger partial charge in [0.05, 0.1) is 12.5 Å². The molecule has 15 heavy (non-hydrogen) atoms. The summed E-state index contributed by atoms with van der Waals surface area (Å²) in [5.74, 6) is 0.368. The van der Waals surface area contributed by atoms with Crippen molar-refractivity contribution >= 4 is 16.7 Å². The third-order valence-electron chi connectivity index (χ3n) is 2.03. The zero-order valence-electron chi connectivity index (χ0n) is 9.52. The molecule has 0 aliphatic carbocycles. The molecule has 0 rings (SSSR count). The molecule has 0 saturated heterocycles. The Balaban J connectivity index is 3.84. The smallest absolute Gasteiger partial charge is 0.223 e. The molecule has 0 radical (unpaired) electrons. The second-order valence-corrected chi connectivity index (χ2v) is 5.72. The molecule has 86 valence electrons. The van der Waals surface area contributed by atoms with Crippen molar-refractivity contribution in [1.82, 2.24) is 4.90 Å². The molecule has 0 saturated carbocycles. The lowest BCUT2D eigenvalue weighted by Crippen LogP contribution is -2.29. The van der Waals surface area contributed by atoms with Crippen LogP contribution in [0.1, 0.15) is 26.7 Å². The number of hydrogen-bond donors (Lipinski definition) is 0. The third-order valence-corrected chi connectivity index (χ3v) is 3.69. The molecular weight excluding hydrogens is 212 g/mol. The van der Waals surface area contributed by atoms with Gasteiger partial charge >= 0.3 is 0 Å². The first-order valence-corrected chi connectivity index (χ1v) is 6.35. The monoisotopic (exact) mass is 230 g/mol. The molecule has 4 nitrogen and oxygen atoms in total. The third kappa shape index (κ3) is 6.24. The van der Waals surface area contributed by atoms with Crippen LogP contribution in [0.2, 0.25) is 0 Å². The van der Waals surface area contributed by atoms with E-state index in [0.717, 1.165) is 0 Å². The van der Waals surface area contributed by atoms with Gasteiger partial charge in [0.2, 0.25) is 5.91 Å². The van der Waals surface area contributed by atoms with E-state index in [1.165, 1.54) is 4.90 Å². The molecule has 0 aliphatic heterocycles. The zero-order chi connectivity index (χ0) is 11.8. The Labute approximate surface area is 93.7 Å². The first-order chi connectivity index (χ1) is 6.99. The van der Waals surface area contributed by atoms with Gasteiger partial charge in [0.15, 0.2) is 0 Å². The van der Waals surface area contributed by atoms with Crippen molar-refractivity contribution in [2.24, 2.45) is 0 Å². The first-order valence-electron chi connectivity index (χ1n) is 4.97. The minimum absolute atomic E-state index is 0.0424. The van der Waals surface area contributed by atoms with E-state index in [1.807, 2.05) is 19.9 Å². The highest BCUT2D eigenvalue weighted by Gasteiger charge is 2.11. The van der Waals surface area contributed by atoms with Crippen LogP contribution < -0.4 is 0 Å². The summed E-state index contributed by atoms with van der Waals surface area (Å²) in [5.41, 5.74) is 0. The van der Waals surface area contributed by atoms with Crippen LogP contribution in [0.3, 0.4) is 0 Å². The normalized spacial score (nSPS) is 12.2. The predicted molar refractivity (Wildman–Crippen MR) is 60.6 cm³/mol. The molecule has 0 aromatic heterocycles. The maximum absolute atomic E-state index is 11.5. The second kappa shape index (κ2) is 7.41. The number of carbonyl (C=O) groups excluding carboxylic acids is 1. The Kier molecular flexibility index (Phi) is 6.97. The summed E-state index contributed by atoms with van der Waals surface area (Å²) in [6.45, 7) is 4.20. The minimum Gasteiger partial charge on any atom is -0.345 e. The second-order valence-electron chi connectivity index (χ2n) is 3.61. The van der Waals surface area contributed by atoms with E-state index in [-0.39, 0.29) is 11.2 Å². The fourth-order valence-electron chi connectivity index (χ4n) is 0.957. The number of rotatable bonds is 6. The van der Waals surface area contributed by atoms with Crippen molar-refractivity contribution < 1.29 is 9.00 Å². The summed E-state index contributed by atoms with van der Waals surface area (Å²) < 4.78 is 11.4. The first kappa shape index (κ1) is 14.1. The molecule has 1 atom stereocenters. The summed E-state index contributed by atoms with van der Waals surface area (Å²) >= 11 is 0. The average Bonchev–Trinajstić information content (AvgIpc) is 2.21. The van der Waals surface area contributed by atoms with E-state index in [1.54, 1.807) is 7.05 Å². The Bertz CT molecular complexity index is 271. The maximum atomic E-state index is 11.5. The van der Waals surface area contributed by atoms with Crippen molar-refractivity contribution in [3.8, 4) is 6.07 Å². The van der Waals surface area contributed by atoms with Crippen molar-refractivity contribution in [3.05, 3.63) is 0 Å². The standard InChI is InChI=1S/C10H18N2O2S/c1-9(2)15(14)8-5-10(13)12(3)7-4-6-11/h9H,4-5,7-8H2,1-3H3. The number of carbonyl (C=O) groups is 1. The van der Waals surface area contributed by atoms with Crippen LogP contribution in [0.25, 0.3) is 0 Å². The number of amides is 1. The summed E-state index contributed by atoms with van der Waals surface area (Å²) in [5, 5.41) is 8.45. The van der Waals surface area contributed by atoms with Crippen LogP contribution in [0, 0.1) is 11.3 Å². The fourth-order valence-corrected chi connectivity index (χ4v) is 1.80. The van der Waals surface area contributed by atoms with Gasteiger partial charge in [-0.05, 0) is 0 Å². The Morgan fingerprint density at radius 1 is 1.53 bits per heavy atom.